The molecule has 2 fully saturated rings. The highest BCUT2D eigenvalue weighted by atomic mass is 32.2. The second kappa shape index (κ2) is 9.45. The van der Waals surface area contributed by atoms with E-state index < -0.39 is 10.3 Å². The van der Waals surface area contributed by atoms with Crippen LogP contribution in [0.4, 0.5) is 5.82 Å². The number of likely N-dealkylation sites (tertiary alicyclic amines) is 1. The first-order valence-electron chi connectivity index (χ1n) is 10.8. The van der Waals surface area contributed by atoms with Gasteiger partial charge in [0.15, 0.2) is 0 Å². The van der Waals surface area contributed by atoms with Crippen LogP contribution in [0, 0.1) is 11.8 Å². The summed E-state index contributed by atoms with van der Waals surface area (Å²) in [5, 5.41) is 1.02. The lowest BCUT2D eigenvalue weighted by molar-refractivity contribution is 0.118. The predicted octanol–water partition coefficient (Wildman–Crippen LogP) is 2.32. The quantitative estimate of drug-likeness (QED) is 0.724. The number of nitrogens with one attached hydrogen (secondary N) is 1. The molecule has 0 spiro atoms. The van der Waals surface area contributed by atoms with Gasteiger partial charge in [-0.1, -0.05) is 0 Å². The van der Waals surface area contributed by atoms with Gasteiger partial charge in [-0.15, -0.1) is 0 Å². The maximum absolute atomic E-state index is 12.1. The summed E-state index contributed by atoms with van der Waals surface area (Å²) in [5.74, 6) is 1.58. The first-order valence-corrected chi connectivity index (χ1v) is 11.9. The van der Waals surface area contributed by atoms with Crippen molar-refractivity contribution in [3.05, 3.63) is 18.6 Å². The minimum atomic E-state index is -2.16. The molecule has 4 rings (SSSR count). The van der Waals surface area contributed by atoms with Crippen molar-refractivity contribution >= 4 is 32.1 Å². The van der Waals surface area contributed by atoms with Gasteiger partial charge in [0.1, 0.15) is 22.8 Å². The Balaban J connectivity index is 1.41. The smallest absolute Gasteiger partial charge is 0.228 e. The third-order valence-electron chi connectivity index (χ3n) is 6.76. The summed E-state index contributed by atoms with van der Waals surface area (Å²) in [6.45, 7) is 2.38. The van der Waals surface area contributed by atoms with Gasteiger partial charge in [-0.3, -0.25) is 4.90 Å². The zero-order chi connectivity index (χ0) is 21.1. The molecule has 1 aliphatic heterocycles. The lowest BCUT2D eigenvalue weighted by Crippen LogP contribution is -2.45. The lowest BCUT2D eigenvalue weighted by Gasteiger charge is -2.39. The predicted molar refractivity (Wildman–Crippen MR) is 118 cm³/mol. The standard InChI is InChI=1S/C21H31N5O3S/c1-25(20-18-7-10-22-19(18)23-14-24-20)17-5-3-16(4-6-17)21(30(27)28)26-11-8-15(9-12-26)13-29-2/h7,10,14-17H,3-6,8-9,11-13H2,1-2H3,(H,22,23,24). The largest absolute Gasteiger partial charge is 0.384 e. The molecule has 2 aliphatic rings. The number of nitrogens with zero attached hydrogens (tertiary/aromatic N) is 4. The van der Waals surface area contributed by atoms with Gasteiger partial charge in [0.25, 0.3) is 0 Å². The highest BCUT2D eigenvalue weighted by Crippen LogP contribution is 2.33. The number of aromatic amines is 1. The van der Waals surface area contributed by atoms with Crippen LogP contribution in [0.5, 0.6) is 0 Å². The van der Waals surface area contributed by atoms with Crippen molar-refractivity contribution in [1.29, 1.82) is 0 Å². The van der Waals surface area contributed by atoms with Crippen LogP contribution in [0.1, 0.15) is 38.5 Å². The van der Waals surface area contributed by atoms with Crippen molar-refractivity contribution in [3.8, 4) is 0 Å². The molecule has 2 aromatic rings. The van der Waals surface area contributed by atoms with Crippen LogP contribution in [0.15, 0.2) is 18.6 Å². The third kappa shape index (κ3) is 4.38. The van der Waals surface area contributed by atoms with Crippen molar-refractivity contribution in [2.45, 2.75) is 44.6 Å². The molecule has 0 unspecified atom stereocenters. The SMILES string of the molecule is COCC1CCN(C(C2CCC(N(C)c3ncnc4[nH]ccc34)CC2)=S(=O)=O)CC1. The Kier molecular flexibility index (Phi) is 6.70. The lowest BCUT2D eigenvalue weighted by atomic mass is 9.84. The van der Waals surface area contributed by atoms with Gasteiger partial charge < -0.3 is 14.6 Å². The van der Waals surface area contributed by atoms with Crippen LogP contribution >= 0.6 is 0 Å². The number of fused-ring (bicyclic) bond motifs is 1. The summed E-state index contributed by atoms with van der Waals surface area (Å²) < 4.78 is 29.5. The van der Waals surface area contributed by atoms with E-state index in [0.29, 0.717) is 16.9 Å². The van der Waals surface area contributed by atoms with Crippen LogP contribution in [0.25, 0.3) is 11.0 Å². The van der Waals surface area contributed by atoms with Crippen molar-refractivity contribution in [2.24, 2.45) is 11.8 Å². The molecule has 1 N–H and O–H groups in total. The molecular weight excluding hydrogens is 402 g/mol. The fourth-order valence-electron chi connectivity index (χ4n) is 5.08. The van der Waals surface area contributed by atoms with E-state index in [0.717, 1.165) is 75.1 Å². The van der Waals surface area contributed by atoms with Gasteiger partial charge in [0.05, 0.1) is 5.39 Å². The van der Waals surface area contributed by atoms with E-state index in [1.807, 2.05) is 12.3 Å². The van der Waals surface area contributed by atoms with Crippen molar-refractivity contribution < 1.29 is 13.2 Å². The van der Waals surface area contributed by atoms with E-state index in [-0.39, 0.29) is 5.92 Å². The summed E-state index contributed by atoms with van der Waals surface area (Å²) in [5.41, 5.74) is 0.842. The molecule has 30 heavy (non-hydrogen) atoms. The van der Waals surface area contributed by atoms with Crippen molar-refractivity contribution in [1.82, 2.24) is 19.9 Å². The van der Waals surface area contributed by atoms with Crippen LogP contribution in [-0.4, -0.2) is 73.2 Å². The number of methoxy groups -OCH3 is 1. The zero-order valence-electron chi connectivity index (χ0n) is 17.7. The number of hydrogen-bond acceptors (Lipinski definition) is 6. The first kappa shape index (κ1) is 21.3. The Bertz CT molecular complexity index is 981. The number of rotatable bonds is 5. The zero-order valence-corrected chi connectivity index (χ0v) is 18.6. The molecule has 1 saturated carbocycles. The summed E-state index contributed by atoms with van der Waals surface area (Å²) in [7, 11) is 1.65. The molecule has 8 nitrogen and oxygen atoms in total. The molecule has 0 amide bonds. The van der Waals surface area contributed by atoms with Gasteiger partial charge >= 0.3 is 0 Å². The van der Waals surface area contributed by atoms with E-state index in [4.69, 9.17) is 4.74 Å². The van der Waals surface area contributed by atoms with Gasteiger partial charge in [-0.05, 0) is 50.5 Å². The number of ether oxygens (including phenoxy) is 1. The molecule has 1 saturated heterocycles. The monoisotopic (exact) mass is 433 g/mol. The number of hydrogen-bond donors (Lipinski definition) is 1. The van der Waals surface area contributed by atoms with E-state index in [1.54, 1.807) is 13.4 Å². The molecule has 0 bridgehead atoms. The first-order chi connectivity index (χ1) is 14.6. The minimum Gasteiger partial charge on any atom is -0.384 e. The molecule has 1 aliphatic carbocycles. The normalized spacial score (nSPS) is 23.5. The van der Waals surface area contributed by atoms with Crippen LogP contribution in [0.2, 0.25) is 0 Å². The highest BCUT2D eigenvalue weighted by molar-refractivity contribution is 7.72. The highest BCUT2D eigenvalue weighted by Gasteiger charge is 2.33. The van der Waals surface area contributed by atoms with E-state index in [2.05, 4.69) is 31.8 Å². The van der Waals surface area contributed by atoms with Gasteiger partial charge in [-0.25, -0.2) is 9.97 Å². The van der Waals surface area contributed by atoms with Crippen LogP contribution in [0.3, 0.4) is 0 Å². The Hall–Kier alpha value is -1.97. The second-order valence-electron chi connectivity index (χ2n) is 8.51. The van der Waals surface area contributed by atoms with Crippen LogP contribution < -0.4 is 4.90 Å². The third-order valence-corrected chi connectivity index (χ3v) is 7.69. The summed E-state index contributed by atoms with van der Waals surface area (Å²) in [4.78, 5) is 16.9. The van der Waals surface area contributed by atoms with Crippen molar-refractivity contribution in [2.75, 3.05) is 38.8 Å². The number of H-pyrrole nitrogens is 1. The molecule has 164 valence electrons. The summed E-state index contributed by atoms with van der Waals surface area (Å²) >= 11 is 0. The molecule has 2 aromatic heterocycles. The van der Waals surface area contributed by atoms with E-state index in [1.165, 1.54) is 0 Å². The Morgan fingerprint density at radius 1 is 1.20 bits per heavy atom. The molecule has 0 radical (unpaired) electrons. The molecular formula is C21H31N5O3S. The minimum absolute atomic E-state index is 0.115. The van der Waals surface area contributed by atoms with E-state index in [9.17, 15) is 8.42 Å². The Morgan fingerprint density at radius 2 is 1.93 bits per heavy atom. The Labute approximate surface area is 179 Å². The topological polar surface area (TPSA) is 91.4 Å². The average Bonchev–Trinajstić information content (AvgIpc) is 3.24. The fourth-order valence-corrected chi connectivity index (χ4v) is 5.98. The summed E-state index contributed by atoms with van der Waals surface area (Å²) in [6, 6.07) is 2.36. The molecule has 0 atom stereocenters. The number of anilines is 1. The average molecular weight is 434 g/mol. The number of aromatic nitrogens is 3. The maximum atomic E-state index is 12.1. The van der Waals surface area contributed by atoms with Crippen molar-refractivity contribution in [3.63, 3.8) is 0 Å². The molecule has 9 heteroatoms. The fraction of sp³-hybridized carbons (Fsp3) is 0.667. The van der Waals surface area contributed by atoms with E-state index >= 15 is 0 Å². The molecule has 3 heterocycles. The van der Waals surface area contributed by atoms with Gasteiger partial charge in [0.2, 0.25) is 10.3 Å². The summed E-state index contributed by atoms with van der Waals surface area (Å²) in [6.07, 6.45) is 9.15. The number of piperidine rings is 1. The Morgan fingerprint density at radius 3 is 2.60 bits per heavy atom. The molecule has 0 aromatic carbocycles. The van der Waals surface area contributed by atoms with Crippen LogP contribution in [-0.2, 0) is 15.0 Å². The van der Waals surface area contributed by atoms with Gasteiger partial charge in [-0.2, -0.15) is 8.42 Å². The van der Waals surface area contributed by atoms with Gasteiger partial charge in [0, 0.05) is 52.0 Å². The second-order valence-corrected chi connectivity index (χ2v) is 9.40. The maximum Gasteiger partial charge on any atom is 0.228 e.